The van der Waals surface area contributed by atoms with E-state index < -0.39 is 16.4 Å². The molecule has 0 radical (unpaired) electrons. The number of carbonyl (C=O) groups is 1. The summed E-state index contributed by atoms with van der Waals surface area (Å²) in [6, 6.07) is 3.48. The van der Waals surface area contributed by atoms with Crippen molar-refractivity contribution in [2.75, 3.05) is 12.4 Å². The summed E-state index contributed by atoms with van der Waals surface area (Å²) in [5.41, 5.74) is 5.85. The van der Waals surface area contributed by atoms with Crippen molar-refractivity contribution in [3.8, 4) is 0 Å². The molecule has 0 fully saturated rings. The maximum atomic E-state index is 13.0. The standard InChI is InChI=1S/C23H28N6O4S2/c1-28(13-19-24-9-10-34-19)22(30)18-12-20(26-29(18)2)35(32,33)27-23(31)25-21-16-7-3-5-14(16)11-15-6-4-8-17(15)21/h9-12,23,25,27,31H,3-8,13H2,1-2H3. The number of nitrogens with one attached hydrogen (secondary N) is 2. The first-order valence-corrected chi connectivity index (χ1v) is 13.9. The predicted molar refractivity (Wildman–Crippen MR) is 132 cm³/mol. The molecule has 1 atom stereocenters. The predicted octanol–water partition coefficient (Wildman–Crippen LogP) is 1.79. The van der Waals surface area contributed by atoms with Crippen LogP contribution in [0.1, 0.15) is 50.6 Å². The van der Waals surface area contributed by atoms with Gasteiger partial charge in [-0.15, -0.1) is 11.3 Å². The molecule has 3 aromatic rings. The number of aliphatic hydroxyl groups excluding tert-OH is 1. The summed E-state index contributed by atoms with van der Waals surface area (Å²) >= 11 is 1.43. The number of carbonyl (C=O) groups excluding carboxylic acids is 1. The number of aryl methyl sites for hydroxylation is 3. The highest BCUT2D eigenvalue weighted by atomic mass is 32.2. The van der Waals surface area contributed by atoms with Crippen LogP contribution < -0.4 is 10.0 Å². The van der Waals surface area contributed by atoms with Crippen molar-refractivity contribution >= 4 is 33.0 Å². The number of anilines is 1. The first-order valence-electron chi connectivity index (χ1n) is 11.5. The molecule has 1 unspecified atom stereocenters. The van der Waals surface area contributed by atoms with Crippen molar-refractivity contribution in [2.24, 2.45) is 7.05 Å². The summed E-state index contributed by atoms with van der Waals surface area (Å²) in [6.07, 6.45) is 6.05. The van der Waals surface area contributed by atoms with Crippen molar-refractivity contribution in [2.45, 2.75) is 56.4 Å². The van der Waals surface area contributed by atoms with Gasteiger partial charge in [-0.05, 0) is 60.8 Å². The molecule has 3 N–H and O–H groups in total. The van der Waals surface area contributed by atoms with Crippen LogP contribution in [0.2, 0.25) is 0 Å². The summed E-state index contributed by atoms with van der Waals surface area (Å²) < 4.78 is 29.5. The molecule has 5 rings (SSSR count). The van der Waals surface area contributed by atoms with Gasteiger partial charge in [-0.1, -0.05) is 6.07 Å². The van der Waals surface area contributed by atoms with Crippen LogP contribution in [-0.2, 0) is 49.3 Å². The number of aromatic nitrogens is 3. The highest BCUT2D eigenvalue weighted by Crippen LogP contribution is 2.38. The zero-order chi connectivity index (χ0) is 24.7. The van der Waals surface area contributed by atoms with Gasteiger partial charge in [0.1, 0.15) is 10.7 Å². The molecule has 186 valence electrons. The summed E-state index contributed by atoms with van der Waals surface area (Å²) in [7, 11) is -1.07. The maximum Gasteiger partial charge on any atom is 0.272 e. The van der Waals surface area contributed by atoms with Gasteiger partial charge in [0.05, 0.1) is 6.54 Å². The lowest BCUT2D eigenvalue weighted by Gasteiger charge is -2.21. The number of amides is 1. The highest BCUT2D eigenvalue weighted by molar-refractivity contribution is 7.89. The van der Waals surface area contributed by atoms with Crippen molar-refractivity contribution in [3.05, 3.63) is 56.7 Å². The van der Waals surface area contributed by atoms with Crippen molar-refractivity contribution in [3.63, 3.8) is 0 Å². The number of fused-ring (bicyclic) bond motifs is 2. The van der Waals surface area contributed by atoms with Crippen LogP contribution in [0.4, 0.5) is 5.69 Å². The smallest absolute Gasteiger partial charge is 0.272 e. The fourth-order valence-electron chi connectivity index (χ4n) is 4.94. The van der Waals surface area contributed by atoms with Gasteiger partial charge < -0.3 is 15.3 Å². The molecule has 2 aromatic heterocycles. The molecule has 12 heteroatoms. The molecule has 35 heavy (non-hydrogen) atoms. The Morgan fingerprint density at radius 2 is 1.89 bits per heavy atom. The molecule has 2 aliphatic carbocycles. The Hall–Kier alpha value is -2.80. The van der Waals surface area contributed by atoms with Gasteiger partial charge >= 0.3 is 0 Å². The fourth-order valence-corrected chi connectivity index (χ4v) is 6.58. The van der Waals surface area contributed by atoms with Gasteiger partial charge in [0.15, 0.2) is 11.4 Å². The number of nitrogens with zero attached hydrogens (tertiary/aromatic N) is 4. The van der Waals surface area contributed by atoms with E-state index in [1.165, 1.54) is 45.2 Å². The molecule has 0 saturated heterocycles. The van der Waals surface area contributed by atoms with Crippen molar-refractivity contribution in [1.82, 2.24) is 24.4 Å². The number of rotatable bonds is 8. The van der Waals surface area contributed by atoms with E-state index in [9.17, 15) is 18.3 Å². The minimum Gasteiger partial charge on any atom is -0.360 e. The zero-order valence-electron chi connectivity index (χ0n) is 19.6. The Morgan fingerprint density at radius 3 is 2.51 bits per heavy atom. The van der Waals surface area contributed by atoms with Crippen LogP contribution in [0.3, 0.4) is 0 Å². The van der Waals surface area contributed by atoms with Gasteiger partial charge in [-0.2, -0.15) is 9.82 Å². The fraction of sp³-hybridized carbons (Fsp3) is 0.435. The number of benzene rings is 1. The van der Waals surface area contributed by atoms with Gasteiger partial charge in [-0.25, -0.2) is 13.4 Å². The summed E-state index contributed by atoms with van der Waals surface area (Å²) in [6.45, 7) is 0.302. The van der Waals surface area contributed by atoms with Crippen LogP contribution in [0.25, 0.3) is 0 Å². The van der Waals surface area contributed by atoms with Gasteiger partial charge in [0, 0.05) is 37.4 Å². The Bertz CT molecular complexity index is 1330. The van der Waals surface area contributed by atoms with Crippen LogP contribution in [0, 0.1) is 0 Å². The van der Waals surface area contributed by atoms with Gasteiger partial charge in [0.2, 0.25) is 0 Å². The lowest BCUT2D eigenvalue weighted by atomic mass is 9.99. The molecule has 0 saturated carbocycles. The third kappa shape index (κ3) is 4.70. The van der Waals surface area contributed by atoms with Crippen molar-refractivity contribution in [1.29, 1.82) is 0 Å². The monoisotopic (exact) mass is 516 g/mol. The zero-order valence-corrected chi connectivity index (χ0v) is 21.2. The molecule has 0 bridgehead atoms. The Morgan fingerprint density at radius 1 is 1.20 bits per heavy atom. The molecule has 1 aromatic carbocycles. The second kappa shape index (κ2) is 9.34. The SMILES string of the molecule is CN(Cc1nccs1)C(=O)c1cc(S(=O)(=O)NC(O)Nc2c3c(cc4c2CCC4)CCC3)nn1C. The lowest BCUT2D eigenvalue weighted by Crippen LogP contribution is -2.40. The topological polar surface area (TPSA) is 129 Å². The number of hydrogen-bond donors (Lipinski definition) is 3. The number of sulfonamides is 1. The normalized spacial score (nSPS) is 15.6. The number of thiazole rings is 1. The molecule has 0 spiro atoms. The Labute approximate surface area is 208 Å². The van der Waals surface area contributed by atoms with E-state index in [-0.39, 0.29) is 16.6 Å². The van der Waals surface area contributed by atoms with Crippen LogP contribution >= 0.6 is 11.3 Å². The Balaban J connectivity index is 1.32. The summed E-state index contributed by atoms with van der Waals surface area (Å²) in [4.78, 5) is 18.5. The van der Waals surface area contributed by atoms with Gasteiger partial charge in [0.25, 0.3) is 15.9 Å². The van der Waals surface area contributed by atoms with E-state index >= 15 is 0 Å². The highest BCUT2D eigenvalue weighted by Gasteiger charge is 2.29. The van der Waals surface area contributed by atoms with Crippen LogP contribution in [-0.4, -0.2) is 52.5 Å². The molecule has 2 heterocycles. The first kappa shape index (κ1) is 23.9. The second-order valence-corrected chi connectivity index (χ2v) is 11.6. The average molecular weight is 517 g/mol. The van der Waals surface area contributed by atoms with E-state index in [0.29, 0.717) is 6.54 Å². The third-order valence-electron chi connectivity index (χ3n) is 6.58. The van der Waals surface area contributed by atoms with Crippen molar-refractivity contribution < 1.29 is 18.3 Å². The van der Waals surface area contributed by atoms with E-state index in [4.69, 9.17) is 0 Å². The molecule has 2 aliphatic rings. The average Bonchev–Trinajstić information content (AvgIpc) is 3.59. The number of aliphatic hydroxyl groups is 1. The molecular formula is C23H28N6O4S2. The van der Waals surface area contributed by atoms with E-state index in [2.05, 4.69) is 26.2 Å². The largest absolute Gasteiger partial charge is 0.360 e. The summed E-state index contributed by atoms with van der Waals surface area (Å²) in [5.74, 6) is -0.384. The summed E-state index contributed by atoms with van der Waals surface area (Å²) in [5, 5.41) is 19.9. The van der Waals surface area contributed by atoms with E-state index in [1.807, 2.05) is 5.38 Å². The van der Waals surface area contributed by atoms with Gasteiger partial charge in [-0.3, -0.25) is 9.48 Å². The van der Waals surface area contributed by atoms with E-state index in [0.717, 1.165) is 60.3 Å². The molecule has 1 amide bonds. The first-order chi connectivity index (χ1) is 16.7. The molecule has 0 aliphatic heterocycles. The Kier molecular flexibility index (Phi) is 6.38. The molecule has 10 nitrogen and oxygen atoms in total. The third-order valence-corrected chi connectivity index (χ3v) is 8.62. The second-order valence-electron chi connectivity index (χ2n) is 8.98. The van der Waals surface area contributed by atoms with Crippen LogP contribution in [0.15, 0.2) is 28.7 Å². The lowest BCUT2D eigenvalue weighted by molar-refractivity contribution is 0.0774. The maximum absolute atomic E-state index is 13.0. The van der Waals surface area contributed by atoms with Crippen LogP contribution in [0.5, 0.6) is 0 Å². The molecular weight excluding hydrogens is 488 g/mol. The minimum atomic E-state index is -4.19. The quantitative estimate of drug-likeness (QED) is 0.389. The van der Waals surface area contributed by atoms with E-state index in [1.54, 1.807) is 13.2 Å². The number of hydrogen-bond acceptors (Lipinski definition) is 8. The minimum absolute atomic E-state index is 0.116.